The first-order valence-electron chi connectivity index (χ1n) is 7.65. The van der Waals surface area contributed by atoms with Gasteiger partial charge in [0.05, 0.1) is 6.54 Å². The zero-order chi connectivity index (χ0) is 17.9. The van der Waals surface area contributed by atoms with Gasteiger partial charge in [-0.2, -0.15) is 0 Å². The molecule has 0 atom stereocenters. The summed E-state index contributed by atoms with van der Waals surface area (Å²) in [4.78, 5) is 11.7. The van der Waals surface area contributed by atoms with Crippen molar-refractivity contribution < 1.29 is 22.7 Å². The van der Waals surface area contributed by atoms with Crippen LogP contribution < -0.4 is 19.5 Å². The predicted octanol–water partition coefficient (Wildman–Crippen LogP) is 1.63. The number of carbonyl (C=O) groups excluding carboxylic acids is 1. The first-order valence-corrected chi connectivity index (χ1v) is 9.95. The van der Waals surface area contributed by atoms with Gasteiger partial charge in [-0.1, -0.05) is 6.07 Å². The second-order valence-electron chi connectivity index (χ2n) is 5.47. The lowest BCUT2D eigenvalue weighted by Crippen LogP contribution is -2.25. The van der Waals surface area contributed by atoms with Gasteiger partial charge in [-0.05, 0) is 36.2 Å². The average molecular weight is 382 g/mol. The van der Waals surface area contributed by atoms with Crippen LogP contribution in [-0.4, -0.2) is 27.7 Å². The Labute approximate surface area is 150 Å². The van der Waals surface area contributed by atoms with Crippen LogP contribution in [0.3, 0.4) is 0 Å². The molecular weight excluding hydrogens is 364 g/mol. The third-order valence-corrected chi connectivity index (χ3v) is 6.59. The predicted molar refractivity (Wildman–Crippen MR) is 93.3 cm³/mol. The SMILES string of the molecule is CC(=O)NCc1ccc(S(=O)(=O)NCCc2ccc3c(c2)OCO3)s1. The summed E-state index contributed by atoms with van der Waals surface area (Å²) in [7, 11) is -3.56. The molecule has 7 nitrogen and oxygen atoms in total. The van der Waals surface area contributed by atoms with E-state index in [2.05, 4.69) is 10.0 Å². The van der Waals surface area contributed by atoms with Gasteiger partial charge in [-0.25, -0.2) is 13.1 Å². The zero-order valence-electron chi connectivity index (χ0n) is 13.6. The fourth-order valence-electron chi connectivity index (χ4n) is 2.31. The fourth-order valence-corrected chi connectivity index (χ4v) is 4.68. The van der Waals surface area contributed by atoms with Crippen molar-refractivity contribution in [3.8, 4) is 11.5 Å². The molecule has 134 valence electrons. The minimum Gasteiger partial charge on any atom is -0.454 e. The smallest absolute Gasteiger partial charge is 0.250 e. The van der Waals surface area contributed by atoms with E-state index in [9.17, 15) is 13.2 Å². The Kier molecular flexibility index (Phi) is 5.26. The first kappa shape index (κ1) is 17.7. The van der Waals surface area contributed by atoms with Gasteiger partial charge in [0, 0.05) is 18.3 Å². The molecule has 2 N–H and O–H groups in total. The van der Waals surface area contributed by atoms with Crippen LogP contribution in [0.4, 0.5) is 0 Å². The molecule has 0 saturated heterocycles. The number of sulfonamides is 1. The van der Waals surface area contributed by atoms with Gasteiger partial charge in [-0.15, -0.1) is 11.3 Å². The number of fused-ring (bicyclic) bond motifs is 1. The molecule has 0 aliphatic carbocycles. The maximum absolute atomic E-state index is 12.3. The Bertz CT molecular complexity index is 876. The molecule has 0 fully saturated rings. The van der Waals surface area contributed by atoms with E-state index < -0.39 is 10.0 Å². The maximum atomic E-state index is 12.3. The van der Waals surface area contributed by atoms with Gasteiger partial charge in [0.1, 0.15) is 4.21 Å². The lowest BCUT2D eigenvalue weighted by Gasteiger charge is -2.06. The molecule has 2 aromatic rings. The lowest BCUT2D eigenvalue weighted by atomic mass is 10.1. The molecule has 1 aliphatic heterocycles. The second-order valence-corrected chi connectivity index (χ2v) is 8.63. The molecule has 25 heavy (non-hydrogen) atoms. The van der Waals surface area contributed by atoms with E-state index in [1.54, 1.807) is 12.1 Å². The van der Waals surface area contributed by atoms with E-state index in [4.69, 9.17) is 9.47 Å². The number of hydrogen-bond donors (Lipinski definition) is 2. The molecule has 0 unspecified atom stereocenters. The van der Waals surface area contributed by atoms with Crippen molar-refractivity contribution in [1.82, 2.24) is 10.0 Å². The van der Waals surface area contributed by atoms with E-state index in [1.165, 1.54) is 6.92 Å². The summed E-state index contributed by atoms with van der Waals surface area (Å²) in [5.41, 5.74) is 0.962. The number of hydrogen-bond acceptors (Lipinski definition) is 6. The van der Waals surface area contributed by atoms with Crippen LogP contribution in [-0.2, 0) is 27.8 Å². The van der Waals surface area contributed by atoms with Gasteiger partial charge in [0.2, 0.25) is 22.7 Å². The largest absolute Gasteiger partial charge is 0.454 e. The molecule has 0 radical (unpaired) electrons. The summed E-state index contributed by atoms with van der Waals surface area (Å²) in [6.07, 6.45) is 0.542. The van der Waals surface area contributed by atoms with Crippen LogP contribution in [0.25, 0.3) is 0 Å². The quantitative estimate of drug-likeness (QED) is 0.759. The molecule has 3 rings (SSSR count). The van der Waals surface area contributed by atoms with Crippen molar-refractivity contribution in [2.45, 2.75) is 24.1 Å². The molecule has 2 heterocycles. The van der Waals surface area contributed by atoms with E-state index in [-0.39, 0.29) is 23.5 Å². The number of ether oxygens (including phenoxy) is 2. The first-order chi connectivity index (χ1) is 11.9. The Hall–Kier alpha value is -2.10. The van der Waals surface area contributed by atoms with Crippen molar-refractivity contribution in [1.29, 1.82) is 0 Å². The van der Waals surface area contributed by atoms with Gasteiger partial charge < -0.3 is 14.8 Å². The molecule has 0 spiro atoms. The molecule has 1 amide bonds. The third-order valence-electron chi connectivity index (χ3n) is 3.56. The van der Waals surface area contributed by atoms with E-state index >= 15 is 0 Å². The Morgan fingerprint density at radius 1 is 1.20 bits per heavy atom. The Balaban J connectivity index is 1.56. The molecule has 1 aliphatic rings. The van der Waals surface area contributed by atoms with Gasteiger partial charge >= 0.3 is 0 Å². The van der Waals surface area contributed by atoms with E-state index in [1.807, 2.05) is 18.2 Å². The molecule has 0 saturated carbocycles. The summed E-state index contributed by atoms with van der Waals surface area (Å²) in [5, 5.41) is 2.65. The number of carbonyl (C=O) groups is 1. The monoisotopic (exact) mass is 382 g/mol. The zero-order valence-corrected chi connectivity index (χ0v) is 15.2. The van der Waals surface area contributed by atoms with Crippen LogP contribution in [0, 0.1) is 0 Å². The Morgan fingerprint density at radius 3 is 2.80 bits per heavy atom. The van der Waals surface area contributed by atoms with Crippen molar-refractivity contribution in [2.24, 2.45) is 0 Å². The van der Waals surface area contributed by atoms with Gasteiger partial charge in [0.25, 0.3) is 0 Å². The van der Waals surface area contributed by atoms with Gasteiger partial charge in [-0.3, -0.25) is 4.79 Å². The van der Waals surface area contributed by atoms with Crippen molar-refractivity contribution in [2.75, 3.05) is 13.3 Å². The summed E-state index contributed by atoms with van der Waals surface area (Å²) in [5.74, 6) is 1.23. The number of thiophene rings is 1. The van der Waals surface area contributed by atoms with Crippen molar-refractivity contribution in [3.05, 3.63) is 40.8 Å². The van der Waals surface area contributed by atoms with Crippen molar-refractivity contribution in [3.63, 3.8) is 0 Å². The molecule has 1 aromatic heterocycles. The maximum Gasteiger partial charge on any atom is 0.250 e. The highest BCUT2D eigenvalue weighted by atomic mass is 32.2. The summed E-state index contributed by atoms with van der Waals surface area (Å²) in [6, 6.07) is 8.81. The van der Waals surface area contributed by atoms with Crippen LogP contribution in [0.15, 0.2) is 34.5 Å². The summed E-state index contributed by atoms with van der Waals surface area (Å²) in [6.45, 7) is 2.24. The van der Waals surface area contributed by atoms with Crippen LogP contribution >= 0.6 is 11.3 Å². The lowest BCUT2D eigenvalue weighted by molar-refractivity contribution is -0.119. The average Bonchev–Trinajstić information content (AvgIpc) is 3.22. The highest BCUT2D eigenvalue weighted by Gasteiger charge is 2.17. The highest BCUT2D eigenvalue weighted by Crippen LogP contribution is 2.32. The van der Waals surface area contributed by atoms with Gasteiger partial charge in [0.15, 0.2) is 11.5 Å². The fraction of sp³-hybridized carbons (Fsp3) is 0.312. The topological polar surface area (TPSA) is 93.7 Å². The number of benzene rings is 1. The van der Waals surface area contributed by atoms with Crippen molar-refractivity contribution >= 4 is 27.3 Å². The van der Waals surface area contributed by atoms with Crippen LogP contribution in [0.5, 0.6) is 11.5 Å². The highest BCUT2D eigenvalue weighted by molar-refractivity contribution is 7.91. The number of amides is 1. The number of nitrogens with one attached hydrogen (secondary N) is 2. The van der Waals surface area contributed by atoms with Crippen LogP contribution in [0.1, 0.15) is 17.4 Å². The van der Waals surface area contributed by atoms with Crippen LogP contribution in [0.2, 0.25) is 0 Å². The van der Waals surface area contributed by atoms with E-state index in [0.717, 1.165) is 21.8 Å². The minimum absolute atomic E-state index is 0.153. The molecule has 1 aromatic carbocycles. The minimum atomic E-state index is -3.56. The Morgan fingerprint density at radius 2 is 2.00 bits per heavy atom. The van der Waals surface area contributed by atoms with E-state index in [0.29, 0.717) is 24.5 Å². The third kappa shape index (κ3) is 4.50. The molecular formula is C16H18N2O5S2. The number of rotatable bonds is 7. The standard InChI is InChI=1S/C16H18N2O5S2/c1-11(19)17-9-13-3-5-16(24-13)25(20,21)18-7-6-12-2-4-14-15(8-12)23-10-22-14/h2-5,8,18H,6-7,9-10H2,1H3,(H,17,19). The summed E-state index contributed by atoms with van der Waals surface area (Å²) < 4.78 is 38.0. The molecule has 0 bridgehead atoms. The summed E-state index contributed by atoms with van der Waals surface area (Å²) >= 11 is 1.14. The molecule has 9 heteroatoms. The second kappa shape index (κ2) is 7.42. The normalized spacial score (nSPS) is 13.0.